The molecule has 0 unspecified atom stereocenters. The lowest BCUT2D eigenvalue weighted by Gasteiger charge is -2.15. The summed E-state index contributed by atoms with van der Waals surface area (Å²) in [6, 6.07) is 14.9. The zero-order valence-corrected chi connectivity index (χ0v) is 17.9. The van der Waals surface area contributed by atoms with Crippen molar-refractivity contribution in [3.63, 3.8) is 0 Å². The van der Waals surface area contributed by atoms with E-state index in [1.54, 1.807) is 0 Å². The first-order chi connectivity index (χ1) is 13.7. The molecule has 3 heteroatoms. The van der Waals surface area contributed by atoms with Crippen LogP contribution >= 0.6 is 0 Å². The minimum Gasteiger partial charge on any atom is -0.493 e. The molecule has 0 amide bonds. The van der Waals surface area contributed by atoms with E-state index in [1.807, 2.05) is 0 Å². The van der Waals surface area contributed by atoms with Crippen molar-refractivity contribution in [2.45, 2.75) is 72.4 Å². The van der Waals surface area contributed by atoms with Gasteiger partial charge >= 0.3 is 0 Å². The standard InChI is InChI=1S/C25H37NO2/c1-4-6-8-15-27-24-14-13-23(25(18-24)28-16-9-7-5-2)20-26-19-22-12-10-11-21(3)17-22/h10-14,17-18,26H,4-9,15-16,19-20H2,1-3H3. The fraction of sp³-hybridized carbons (Fsp3) is 0.520. The summed E-state index contributed by atoms with van der Waals surface area (Å²) in [5, 5.41) is 3.55. The largest absolute Gasteiger partial charge is 0.493 e. The Kier molecular flexibility index (Phi) is 10.5. The van der Waals surface area contributed by atoms with Gasteiger partial charge in [-0.15, -0.1) is 0 Å². The number of ether oxygens (including phenoxy) is 2. The van der Waals surface area contributed by atoms with E-state index in [1.165, 1.54) is 42.4 Å². The number of rotatable bonds is 14. The van der Waals surface area contributed by atoms with Crippen LogP contribution in [-0.4, -0.2) is 13.2 Å². The summed E-state index contributed by atoms with van der Waals surface area (Å²) in [4.78, 5) is 0. The molecule has 28 heavy (non-hydrogen) atoms. The first kappa shape index (κ1) is 22.3. The average Bonchev–Trinajstić information content (AvgIpc) is 2.70. The van der Waals surface area contributed by atoms with E-state index in [-0.39, 0.29) is 0 Å². The van der Waals surface area contributed by atoms with Gasteiger partial charge in [0.15, 0.2) is 0 Å². The van der Waals surface area contributed by atoms with Crippen molar-refractivity contribution in [2.24, 2.45) is 0 Å². The smallest absolute Gasteiger partial charge is 0.127 e. The molecule has 0 fully saturated rings. The minimum absolute atomic E-state index is 0.762. The summed E-state index contributed by atoms with van der Waals surface area (Å²) in [6.45, 7) is 9.72. The van der Waals surface area contributed by atoms with Crippen molar-refractivity contribution in [3.05, 3.63) is 59.2 Å². The molecule has 0 heterocycles. The first-order valence-electron chi connectivity index (χ1n) is 10.9. The second-order valence-corrected chi connectivity index (χ2v) is 7.47. The molecule has 0 saturated carbocycles. The number of hydrogen-bond acceptors (Lipinski definition) is 3. The Morgan fingerprint density at radius 1 is 0.786 bits per heavy atom. The first-order valence-corrected chi connectivity index (χ1v) is 10.9. The zero-order valence-electron chi connectivity index (χ0n) is 17.9. The monoisotopic (exact) mass is 383 g/mol. The molecule has 0 aliphatic rings. The van der Waals surface area contributed by atoms with Gasteiger partial charge in [0.2, 0.25) is 0 Å². The molecule has 2 rings (SSSR count). The number of hydrogen-bond donors (Lipinski definition) is 1. The zero-order chi connectivity index (χ0) is 20.0. The Bertz CT molecular complexity index is 684. The summed E-state index contributed by atoms with van der Waals surface area (Å²) in [7, 11) is 0. The third-order valence-electron chi connectivity index (χ3n) is 4.79. The summed E-state index contributed by atoms with van der Waals surface area (Å²) in [5.41, 5.74) is 3.79. The van der Waals surface area contributed by atoms with E-state index >= 15 is 0 Å². The second kappa shape index (κ2) is 13.2. The highest BCUT2D eigenvalue weighted by atomic mass is 16.5. The van der Waals surface area contributed by atoms with Gasteiger partial charge in [0.05, 0.1) is 13.2 Å². The van der Waals surface area contributed by atoms with Crippen LogP contribution in [0, 0.1) is 6.92 Å². The fourth-order valence-corrected chi connectivity index (χ4v) is 3.14. The highest BCUT2D eigenvalue weighted by molar-refractivity contribution is 5.41. The van der Waals surface area contributed by atoms with Crippen molar-refractivity contribution in [1.82, 2.24) is 5.32 Å². The van der Waals surface area contributed by atoms with Crippen molar-refractivity contribution in [3.8, 4) is 11.5 Å². The lowest BCUT2D eigenvalue weighted by Crippen LogP contribution is -2.14. The maximum absolute atomic E-state index is 6.11. The lowest BCUT2D eigenvalue weighted by molar-refractivity contribution is 0.289. The van der Waals surface area contributed by atoms with Crippen molar-refractivity contribution in [1.29, 1.82) is 0 Å². The van der Waals surface area contributed by atoms with Gasteiger partial charge in [-0.25, -0.2) is 0 Å². The Hall–Kier alpha value is -2.00. The maximum atomic E-state index is 6.11. The van der Waals surface area contributed by atoms with Gasteiger partial charge in [-0.3, -0.25) is 0 Å². The van der Waals surface area contributed by atoms with Crippen molar-refractivity contribution in [2.75, 3.05) is 13.2 Å². The van der Waals surface area contributed by atoms with Gasteiger partial charge in [0.25, 0.3) is 0 Å². The topological polar surface area (TPSA) is 30.5 Å². The van der Waals surface area contributed by atoms with Crippen LogP contribution in [0.2, 0.25) is 0 Å². The van der Waals surface area contributed by atoms with Crippen LogP contribution in [0.5, 0.6) is 11.5 Å². The average molecular weight is 384 g/mol. The van der Waals surface area contributed by atoms with E-state index < -0.39 is 0 Å². The Balaban J connectivity index is 1.94. The van der Waals surface area contributed by atoms with Crippen LogP contribution < -0.4 is 14.8 Å². The number of aryl methyl sites for hydroxylation is 1. The van der Waals surface area contributed by atoms with E-state index in [0.29, 0.717) is 0 Å². The van der Waals surface area contributed by atoms with E-state index in [9.17, 15) is 0 Å². The molecule has 0 bridgehead atoms. The third-order valence-corrected chi connectivity index (χ3v) is 4.79. The van der Waals surface area contributed by atoms with E-state index in [2.05, 4.69) is 68.6 Å². The predicted molar refractivity (Wildman–Crippen MR) is 118 cm³/mol. The molecule has 0 radical (unpaired) electrons. The third kappa shape index (κ3) is 8.35. The summed E-state index contributed by atoms with van der Waals surface area (Å²) in [6.07, 6.45) is 7.02. The molecule has 2 aromatic rings. The summed E-state index contributed by atoms with van der Waals surface area (Å²) < 4.78 is 12.0. The maximum Gasteiger partial charge on any atom is 0.127 e. The molecule has 1 N–H and O–H groups in total. The van der Waals surface area contributed by atoms with Crippen LogP contribution in [0.25, 0.3) is 0 Å². The van der Waals surface area contributed by atoms with E-state index in [0.717, 1.165) is 50.6 Å². The van der Waals surface area contributed by atoms with Crippen LogP contribution in [0.4, 0.5) is 0 Å². The Morgan fingerprint density at radius 3 is 2.25 bits per heavy atom. The van der Waals surface area contributed by atoms with Crippen LogP contribution in [-0.2, 0) is 13.1 Å². The van der Waals surface area contributed by atoms with Gasteiger partial charge in [-0.1, -0.05) is 75.4 Å². The quantitative estimate of drug-likeness (QED) is 0.382. The van der Waals surface area contributed by atoms with E-state index in [4.69, 9.17) is 9.47 Å². The highest BCUT2D eigenvalue weighted by Gasteiger charge is 2.07. The molecule has 3 nitrogen and oxygen atoms in total. The summed E-state index contributed by atoms with van der Waals surface area (Å²) in [5.74, 6) is 1.85. The molecular formula is C25H37NO2. The predicted octanol–water partition coefficient (Wildman–Crippen LogP) is 6.42. The molecule has 0 spiro atoms. The van der Waals surface area contributed by atoms with Crippen LogP contribution in [0.3, 0.4) is 0 Å². The molecule has 0 saturated heterocycles. The van der Waals surface area contributed by atoms with Crippen molar-refractivity contribution < 1.29 is 9.47 Å². The van der Waals surface area contributed by atoms with Crippen molar-refractivity contribution >= 4 is 0 Å². The normalized spacial score (nSPS) is 10.8. The van der Waals surface area contributed by atoms with Crippen LogP contribution in [0.1, 0.15) is 69.1 Å². The number of nitrogens with one attached hydrogen (secondary N) is 1. The molecule has 0 aliphatic heterocycles. The Morgan fingerprint density at radius 2 is 1.54 bits per heavy atom. The molecule has 154 valence electrons. The molecular weight excluding hydrogens is 346 g/mol. The summed E-state index contributed by atoms with van der Waals surface area (Å²) >= 11 is 0. The SMILES string of the molecule is CCCCCOc1ccc(CNCc2cccc(C)c2)c(OCCCCC)c1. The Labute approximate surface area is 171 Å². The molecule has 0 aliphatic carbocycles. The lowest BCUT2D eigenvalue weighted by atomic mass is 10.1. The number of unbranched alkanes of at least 4 members (excludes halogenated alkanes) is 4. The highest BCUT2D eigenvalue weighted by Crippen LogP contribution is 2.26. The molecule has 0 aromatic heterocycles. The second-order valence-electron chi connectivity index (χ2n) is 7.47. The van der Waals surface area contributed by atoms with Crippen LogP contribution in [0.15, 0.2) is 42.5 Å². The van der Waals surface area contributed by atoms with Gasteiger partial charge in [-0.2, -0.15) is 0 Å². The van der Waals surface area contributed by atoms with Gasteiger partial charge < -0.3 is 14.8 Å². The van der Waals surface area contributed by atoms with Gasteiger partial charge in [0, 0.05) is 24.7 Å². The van der Waals surface area contributed by atoms with Gasteiger partial charge in [0.1, 0.15) is 11.5 Å². The molecule has 0 atom stereocenters. The number of benzene rings is 2. The molecule has 2 aromatic carbocycles. The minimum atomic E-state index is 0.762. The van der Waals surface area contributed by atoms with Gasteiger partial charge in [-0.05, 0) is 31.4 Å². The fourth-order valence-electron chi connectivity index (χ4n) is 3.14.